The highest BCUT2D eigenvalue weighted by Crippen LogP contribution is 2.20. The third-order valence-electron chi connectivity index (χ3n) is 2.29. The molecule has 0 aliphatic heterocycles. The van der Waals surface area contributed by atoms with E-state index < -0.39 is 12.0 Å². The van der Waals surface area contributed by atoms with Crippen molar-refractivity contribution in [3.8, 4) is 5.75 Å². The lowest BCUT2D eigenvalue weighted by Gasteiger charge is -2.15. The van der Waals surface area contributed by atoms with E-state index in [4.69, 9.17) is 10.5 Å². The number of carbonyl (C=O) groups excluding carboxylic acids is 1. The highest BCUT2D eigenvalue weighted by atomic mass is 19.1. The van der Waals surface area contributed by atoms with Gasteiger partial charge in [0.2, 0.25) is 0 Å². The van der Waals surface area contributed by atoms with E-state index in [0.29, 0.717) is 17.9 Å². The molecule has 0 saturated heterocycles. The normalized spacial score (nSPS) is 12.2. The summed E-state index contributed by atoms with van der Waals surface area (Å²) in [5, 5.41) is 3.07. The monoisotopic (exact) mass is 240 g/mol. The molecule has 3 N–H and O–H groups in total. The fourth-order valence-corrected chi connectivity index (χ4v) is 1.31. The quantitative estimate of drug-likeness (QED) is 0.785. The number of ether oxygens (including phenoxy) is 1. The van der Waals surface area contributed by atoms with Crippen molar-refractivity contribution in [2.24, 2.45) is 5.73 Å². The first-order valence-electron chi connectivity index (χ1n) is 5.49. The van der Waals surface area contributed by atoms with Crippen LogP contribution in [0.3, 0.4) is 0 Å². The van der Waals surface area contributed by atoms with Crippen LogP contribution in [0.1, 0.15) is 19.4 Å². The SMILES string of the molecule is CCNCc1cc(F)ccc1OC(C)C(N)=O. The number of primary amides is 1. The highest BCUT2D eigenvalue weighted by Gasteiger charge is 2.13. The van der Waals surface area contributed by atoms with E-state index in [2.05, 4.69) is 5.32 Å². The van der Waals surface area contributed by atoms with E-state index in [0.717, 1.165) is 6.54 Å². The molecule has 0 aliphatic carbocycles. The van der Waals surface area contributed by atoms with Crippen LogP contribution in [-0.4, -0.2) is 18.6 Å². The minimum absolute atomic E-state index is 0.336. The van der Waals surface area contributed by atoms with Crippen LogP contribution in [0.4, 0.5) is 4.39 Å². The van der Waals surface area contributed by atoms with Crippen molar-refractivity contribution in [1.82, 2.24) is 5.32 Å². The van der Waals surface area contributed by atoms with E-state index in [-0.39, 0.29) is 5.82 Å². The van der Waals surface area contributed by atoms with Crippen molar-refractivity contribution < 1.29 is 13.9 Å². The summed E-state index contributed by atoms with van der Waals surface area (Å²) in [6.45, 7) is 4.75. The van der Waals surface area contributed by atoms with E-state index in [1.54, 1.807) is 6.92 Å². The Hall–Kier alpha value is -1.62. The Morgan fingerprint density at radius 2 is 2.29 bits per heavy atom. The predicted molar refractivity (Wildman–Crippen MR) is 63.1 cm³/mol. The van der Waals surface area contributed by atoms with E-state index in [1.165, 1.54) is 18.2 Å². The van der Waals surface area contributed by atoms with Crippen LogP contribution < -0.4 is 15.8 Å². The Balaban J connectivity index is 2.85. The molecule has 0 fully saturated rings. The van der Waals surface area contributed by atoms with Crippen LogP contribution in [0.2, 0.25) is 0 Å². The van der Waals surface area contributed by atoms with Gasteiger partial charge in [0.1, 0.15) is 11.6 Å². The summed E-state index contributed by atoms with van der Waals surface area (Å²) in [6.07, 6.45) is -0.735. The zero-order chi connectivity index (χ0) is 12.8. The summed E-state index contributed by atoms with van der Waals surface area (Å²) >= 11 is 0. The molecule has 94 valence electrons. The number of nitrogens with one attached hydrogen (secondary N) is 1. The maximum absolute atomic E-state index is 13.1. The second-order valence-electron chi connectivity index (χ2n) is 3.69. The topological polar surface area (TPSA) is 64.3 Å². The van der Waals surface area contributed by atoms with E-state index in [9.17, 15) is 9.18 Å². The lowest BCUT2D eigenvalue weighted by Crippen LogP contribution is -2.31. The fraction of sp³-hybridized carbons (Fsp3) is 0.417. The molecule has 0 aliphatic rings. The zero-order valence-electron chi connectivity index (χ0n) is 10.00. The predicted octanol–water partition coefficient (Wildman–Crippen LogP) is 1.19. The lowest BCUT2D eigenvalue weighted by molar-refractivity contribution is -0.124. The first-order valence-corrected chi connectivity index (χ1v) is 5.49. The molecule has 5 heteroatoms. The Kier molecular flexibility index (Phi) is 4.90. The fourth-order valence-electron chi connectivity index (χ4n) is 1.31. The summed E-state index contributed by atoms with van der Waals surface area (Å²) in [5.74, 6) is -0.417. The Morgan fingerprint density at radius 3 is 2.88 bits per heavy atom. The van der Waals surface area contributed by atoms with Crippen LogP contribution in [0.15, 0.2) is 18.2 Å². The molecule has 1 atom stereocenters. The molecule has 17 heavy (non-hydrogen) atoms. The molecule has 0 bridgehead atoms. The van der Waals surface area contributed by atoms with Gasteiger partial charge in [-0.3, -0.25) is 4.79 Å². The number of hydrogen-bond donors (Lipinski definition) is 2. The van der Waals surface area contributed by atoms with Crippen LogP contribution in [0, 0.1) is 5.82 Å². The van der Waals surface area contributed by atoms with Crippen molar-refractivity contribution in [2.45, 2.75) is 26.5 Å². The molecule has 1 rings (SSSR count). The van der Waals surface area contributed by atoms with Gasteiger partial charge in [0.15, 0.2) is 6.10 Å². The highest BCUT2D eigenvalue weighted by molar-refractivity contribution is 5.78. The van der Waals surface area contributed by atoms with Gasteiger partial charge < -0.3 is 15.8 Å². The Bertz CT molecular complexity index is 396. The van der Waals surface area contributed by atoms with Gasteiger partial charge in [0.05, 0.1) is 0 Å². The van der Waals surface area contributed by atoms with Crippen molar-refractivity contribution >= 4 is 5.91 Å². The van der Waals surface area contributed by atoms with E-state index >= 15 is 0 Å². The second kappa shape index (κ2) is 6.20. The molecule has 1 unspecified atom stereocenters. The van der Waals surface area contributed by atoms with Crippen LogP contribution in [0.25, 0.3) is 0 Å². The standard InChI is InChI=1S/C12H17FN2O2/c1-3-15-7-9-6-10(13)4-5-11(9)17-8(2)12(14)16/h4-6,8,15H,3,7H2,1-2H3,(H2,14,16). The maximum Gasteiger partial charge on any atom is 0.258 e. The summed E-state index contributed by atoms with van der Waals surface area (Å²) in [5.41, 5.74) is 5.78. The molecule has 1 aromatic rings. The summed E-state index contributed by atoms with van der Waals surface area (Å²) in [4.78, 5) is 10.9. The number of halogens is 1. The van der Waals surface area contributed by atoms with Gasteiger partial charge in [-0.1, -0.05) is 6.92 Å². The average Bonchev–Trinajstić information content (AvgIpc) is 2.29. The second-order valence-corrected chi connectivity index (χ2v) is 3.69. The van der Waals surface area contributed by atoms with Crippen molar-refractivity contribution in [3.63, 3.8) is 0 Å². The van der Waals surface area contributed by atoms with Crippen molar-refractivity contribution in [3.05, 3.63) is 29.6 Å². The molecule has 1 aromatic carbocycles. The third-order valence-corrected chi connectivity index (χ3v) is 2.29. The van der Waals surface area contributed by atoms with Crippen LogP contribution in [-0.2, 0) is 11.3 Å². The molecule has 4 nitrogen and oxygen atoms in total. The maximum atomic E-state index is 13.1. The first kappa shape index (κ1) is 13.4. The largest absolute Gasteiger partial charge is 0.481 e. The van der Waals surface area contributed by atoms with Crippen molar-refractivity contribution in [1.29, 1.82) is 0 Å². The molecule has 0 saturated carbocycles. The molecule has 0 aromatic heterocycles. The van der Waals surface area contributed by atoms with Crippen LogP contribution in [0.5, 0.6) is 5.75 Å². The van der Waals surface area contributed by atoms with Gasteiger partial charge in [-0.25, -0.2) is 4.39 Å². The molecule has 0 heterocycles. The smallest absolute Gasteiger partial charge is 0.258 e. The Morgan fingerprint density at radius 1 is 1.59 bits per heavy atom. The molecule has 0 spiro atoms. The van der Waals surface area contributed by atoms with Gasteiger partial charge >= 0.3 is 0 Å². The minimum atomic E-state index is -0.735. The third kappa shape index (κ3) is 4.03. The summed E-state index contributed by atoms with van der Waals surface area (Å²) < 4.78 is 18.5. The zero-order valence-corrected chi connectivity index (χ0v) is 10.00. The summed E-state index contributed by atoms with van der Waals surface area (Å²) in [6, 6.07) is 4.17. The molecule has 1 amide bonds. The number of rotatable bonds is 6. The first-order chi connectivity index (χ1) is 8.04. The van der Waals surface area contributed by atoms with E-state index in [1.807, 2.05) is 6.92 Å². The lowest BCUT2D eigenvalue weighted by atomic mass is 10.2. The number of hydrogen-bond acceptors (Lipinski definition) is 3. The molecular formula is C12H17FN2O2. The Labute approximate surface area is 100.0 Å². The minimum Gasteiger partial charge on any atom is -0.481 e. The van der Waals surface area contributed by atoms with Gasteiger partial charge in [-0.15, -0.1) is 0 Å². The molecular weight excluding hydrogens is 223 g/mol. The van der Waals surface area contributed by atoms with Gasteiger partial charge in [0, 0.05) is 12.1 Å². The molecule has 0 radical (unpaired) electrons. The van der Waals surface area contributed by atoms with Gasteiger partial charge in [-0.2, -0.15) is 0 Å². The van der Waals surface area contributed by atoms with Crippen molar-refractivity contribution in [2.75, 3.05) is 6.54 Å². The summed E-state index contributed by atoms with van der Waals surface area (Å²) in [7, 11) is 0. The number of amides is 1. The number of carbonyl (C=O) groups is 1. The number of benzene rings is 1. The average molecular weight is 240 g/mol. The van der Waals surface area contributed by atoms with Crippen LogP contribution >= 0.6 is 0 Å². The van der Waals surface area contributed by atoms with Gasteiger partial charge in [0.25, 0.3) is 5.91 Å². The van der Waals surface area contributed by atoms with Gasteiger partial charge in [-0.05, 0) is 31.7 Å². The number of nitrogens with two attached hydrogens (primary N) is 1.